The van der Waals surface area contributed by atoms with Gasteiger partial charge in [0.15, 0.2) is 0 Å². The van der Waals surface area contributed by atoms with Crippen LogP contribution in [0, 0.1) is 10.1 Å². The van der Waals surface area contributed by atoms with E-state index in [0.29, 0.717) is 17.1 Å². The van der Waals surface area contributed by atoms with Gasteiger partial charge in [-0.05, 0) is 41.0 Å². The molecule has 0 saturated heterocycles. The molecule has 0 aliphatic heterocycles. The van der Waals surface area contributed by atoms with E-state index in [-0.39, 0.29) is 31.3 Å². The van der Waals surface area contributed by atoms with E-state index in [2.05, 4.69) is 10.6 Å². The molecule has 0 saturated carbocycles. The van der Waals surface area contributed by atoms with Crippen molar-refractivity contribution in [2.45, 2.75) is 12.5 Å². The standard InChI is InChI=1S/C31H27N3O7/c35-28(19-33-31(37)30(23-9-3-1-4-10-23)24-11-5-2-6-12-24)32-20-29(36)40-21-22-8-7-13-27(18-22)41-26-16-14-25(15-17-26)34(38)39/h1-18,30H,19-21H2,(H,32,35)(H,33,37). The molecule has 0 fully saturated rings. The monoisotopic (exact) mass is 553 g/mol. The summed E-state index contributed by atoms with van der Waals surface area (Å²) in [5, 5.41) is 15.9. The van der Waals surface area contributed by atoms with E-state index in [1.54, 1.807) is 24.3 Å². The molecule has 41 heavy (non-hydrogen) atoms. The number of rotatable bonds is 12. The third-order valence-corrected chi connectivity index (χ3v) is 5.96. The Morgan fingerprint density at radius 3 is 1.98 bits per heavy atom. The second-order valence-corrected chi connectivity index (χ2v) is 8.91. The van der Waals surface area contributed by atoms with Crippen LogP contribution < -0.4 is 15.4 Å². The van der Waals surface area contributed by atoms with Gasteiger partial charge in [0.25, 0.3) is 5.69 Å². The van der Waals surface area contributed by atoms with Crippen LogP contribution in [0.2, 0.25) is 0 Å². The normalized spacial score (nSPS) is 10.5. The summed E-state index contributed by atoms with van der Waals surface area (Å²) < 4.78 is 10.9. The highest BCUT2D eigenvalue weighted by atomic mass is 16.6. The van der Waals surface area contributed by atoms with Crippen LogP contribution in [0.5, 0.6) is 11.5 Å². The van der Waals surface area contributed by atoms with Crippen LogP contribution in [-0.4, -0.2) is 35.8 Å². The van der Waals surface area contributed by atoms with Gasteiger partial charge in [0, 0.05) is 12.1 Å². The molecule has 0 aromatic heterocycles. The predicted octanol–water partition coefficient (Wildman–Crippen LogP) is 4.49. The number of amides is 2. The molecule has 0 aliphatic rings. The van der Waals surface area contributed by atoms with Crippen LogP contribution in [0.1, 0.15) is 22.6 Å². The van der Waals surface area contributed by atoms with Crippen molar-refractivity contribution in [3.63, 3.8) is 0 Å². The number of nitro groups is 1. The zero-order valence-electron chi connectivity index (χ0n) is 21.9. The van der Waals surface area contributed by atoms with Crippen LogP contribution >= 0.6 is 0 Å². The van der Waals surface area contributed by atoms with Gasteiger partial charge in [0.2, 0.25) is 11.8 Å². The van der Waals surface area contributed by atoms with Crippen molar-refractivity contribution in [1.29, 1.82) is 0 Å². The van der Waals surface area contributed by atoms with Gasteiger partial charge in [0.1, 0.15) is 24.7 Å². The average Bonchev–Trinajstić information content (AvgIpc) is 2.99. The Balaban J connectivity index is 1.22. The van der Waals surface area contributed by atoms with Crippen molar-refractivity contribution in [1.82, 2.24) is 10.6 Å². The van der Waals surface area contributed by atoms with E-state index in [4.69, 9.17) is 9.47 Å². The number of ether oxygens (including phenoxy) is 2. The maximum atomic E-state index is 13.0. The summed E-state index contributed by atoms with van der Waals surface area (Å²) in [5.74, 6) is -1.24. The molecular weight excluding hydrogens is 526 g/mol. The number of benzene rings is 4. The first-order chi connectivity index (χ1) is 19.9. The second-order valence-electron chi connectivity index (χ2n) is 8.91. The van der Waals surface area contributed by atoms with Gasteiger partial charge in [-0.1, -0.05) is 72.8 Å². The van der Waals surface area contributed by atoms with Crippen LogP contribution in [0.25, 0.3) is 0 Å². The van der Waals surface area contributed by atoms with Crippen LogP contribution in [0.3, 0.4) is 0 Å². The smallest absolute Gasteiger partial charge is 0.325 e. The molecule has 4 rings (SSSR count). The zero-order valence-corrected chi connectivity index (χ0v) is 21.9. The highest BCUT2D eigenvalue weighted by molar-refractivity contribution is 5.91. The molecule has 0 atom stereocenters. The first-order valence-electron chi connectivity index (χ1n) is 12.7. The topological polar surface area (TPSA) is 137 Å². The van der Waals surface area contributed by atoms with Gasteiger partial charge in [-0.25, -0.2) is 0 Å². The summed E-state index contributed by atoms with van der Waals surface area (Å²) in [4.78, 5) is 47.8. The van der Waals surface area contributed by atoms with Crippen molar-refractivity contribution in [2.24, 2.45) is 0 Å². The summed E-state index contributed by atoms with van der Waals surface area (Å²) in [6.07, 6.45) is 0. The molecule has 4 aromatic rings. The van der Waals surface area contributed by atoms with Gasteiger partial charge in [0.05, 0.1) is 17.4 Å². The Labute approximate surface area is 236 Å². The lowest BCUT2D eigenvalue weighted by Crippen LogP contribution is -2.41. The lowest BCUT2D eigenvalue weighted by atomic mass is 9.90. The third-order valence-electron chi connectivity index (χ3n) is 5.96. The molecule has 0 unspecified atom stereocenters. The van der Waals surface area contributed by atoms with Gasteiger partial charge in [-0.3, -0.25) is 24.5 Å². The van der Waals surface area contributed by atoms with E-state index < -0.39 is 22.7 Å². The van der Waals surface area contributed by atoms with Crippen LogP contribution in [0.15, 0.2) is 109 Å². The van der Waals surface area contributed by atoms with Crippen molar-refractivity contribution in [3.8, 4) is 11.5 Å². The third kappa shape index (κ3) is 8.49. The van der Waals surface area contributed by atoms with Crippen molar-refractivity contribution in [3.05, 3.63) is 136 Å². The molecule has 0 heterocycles. The molecule has 0 radical (unpaired) electrons. The number of carbonyl (C=O) groups is 3. The van der Waals surface area contributed by atoms with E-state index in [0.717, 1.165) is 11.1 Å². The highest BCUT2D eigenvalue weighted by Crippen LogP contribution is 2.26. The van der Waals surface area contributed by atoms with E-state index in [1.807, 2.05) is 60.7 Å². The van der Waals surface area contributed by atoms with Gasteiger partial charge in [-0.15, -0.1) is 0 Å². The molecule has 208 valence electrons. The summed E-state index contributed by atoms with van der Waals surface area (Å²) >= 11 is 0. The van der Waals surface area contributed by atoms with E-state index in [1.165, 1.54) is 24.3 Å². The number of nitrogens with one attached hydrogen (secondary N) is 2. The maximum absolute atomic E-state index is 13.0. The number of carbonyl (C=O) groups excluding carboxylic acids is 3. The first-order valence-corrected chi connectivity index (χ1v) is 12.7. The molecule has 0 aliphatic carbocycles. The Morgan fingerprint density at radius 1 is 0.732 bits per heavy atom. The Morgan fingerprint density at radius 2 is 1.37 bits per heavy atom. The lowest BCUT2D eigenvalue weighted by molar-refractivity contribution is -0.384. The molecule has 10 heteroatoms. The fourth-order valence-corrected chi connectivity index (χ4v) is 3.97. The maximum Gasteiger partial charge on any atom is 0.325 e. The Hall–Kier alpha value is -5.51. The minimum Gasteiger partial charge on any atom is -0.460 e. The summed E-state index contributed by atoms with van der Waals surface area (Å²) in [6.45, 7) is -0.725. The fraction of sp³-hybridized carbons (Fsp3) is 0.129. The van der Waals surface area contributed by atoms with Crippen LogP contribution in [0.4, 0.5) is 5.69 Å². The number of hydrogen-bond donors (Lipinski definition) is 2. The highest BCUT2D eigenvalue weighted by Gasteiger charge is 2.23. The van der Waals surface area contributed by atoms with E-state index >= 15 is 0 Å². The molecule has 0 spiro atoms. The zero-order chi connectivity index (χ0) is 29.0. The van der Waals surface area contributed by atoms with Crippen molar-refractivity contribution < 1.29 is 28.8 Å². The van der Waals surface area contributed by atoms with Crippen LogP contribution in [-0.2, 0) is 25.7 Å². The minimum atomic E-state index is -0.655. The van der Waals surface area contributed by atoms with Gasteiger partial charge >= 0.3 is 5.97 Å². The summed E-state index contributed by atoms with van der Waals surface area (Å²) in [6, 6.07) is 31.0. The molecule has 0 bridgehead atoms. The second kappa shape index (κ2) is 14.0. The number of nitrogens with zero attached hydrogens (tertiary/aromatic N) is 1. The number of nitro benzene ring substituents is 1. The van der Waals surface area contributed by atoms with Gasteiger partial charge in [-0.2, -0.15) is 0 Å². The lowest BCUT2D eigenvalue weighted by Gasteiger charge is -2.17. The average molecular weight is 554 g/mol. The van der Waals surface area contributed by atoms with E-state index in [9.17, 15) is 24.5 Å². The quantitative estimate of drug-likeness (QED) is 0.150. The molecule has 10 nitrogen and oxygen atoms in total. The Kier molecular flexibility index (Phi) is 9.76. The number of hydrogen-bond acceptors (Lipinski definition) is 7. The molecule has 4 aromatic carbocycles. The molecule has 2 N–H and O–H groups in total. The minimum absolute atomic E-state index is 0.0453. The van der Waals surface area contributed by atoms with Crippen molar-refractivity contribution >= 4 is 23.5 Å². The molecule has 2 amide bonds. The molecular formula is C31H27N3O7. The number of esters is 1. The first kappa shape index (κ1) is 28.5. The summed E-state index contributed by atoms with van der Waals surface area (Å²) in [5.41, 5.74) is 2.19. The summed E-state index contributed by atoms with van der Waals surface area (Å²) in [7, 11) is 0. The SMILES string of the molecule is O=C(CNC(=O)C(c1ccccc1)c1ccccc1)NCC(=O)OCc1cccc(Oc2ccc([N+](=O)[O-])cc2)c1. The van der Waals surface area contributed by atoms with Crippen molar-refractivity contribution in [2.75, 3.05) is 13.1 Å². The van der Waals surface area contributed by atoms with Gasteiger partial charge < -0.3 is 20.1 Å². The largest absolute Gasteiger partial charge is 0.460 e. The fourth-order valence-electron chi connectivity index (χ4n) is 3.97. The Bertz CT molecular complexity index is 1450. The number of non-ortho nitro benzene ring substituents is 1. The predicted molar refractivity (Wildman–Crippen MR) is 150 cm³/mol.